The van der Waals surface area contributed by atoms with Gasteiger partial charge in [0.15, 0.2) is 0 Å². The summed E-state index contributed by atoms with van der Waals surface area (Å²) in [7, 11) is 2.13. The molecule has 1 unspecified atom stereocenters. The smallest absolute Gasteiger partial charge is 0.0702 e. The van der Waals surface area contributed by atoms with Gasteiger partial charge in [0, 0.05) is 19.8 Å². The van der Waals surface area contributed by atoms with Crippen LogP contribution in [0.1, 0.15) is 19.3 Å². The summed E-state index contributed by atoms with van der Waals surface area (Å²) in [6.07, 6.45) is 3.58. The molecule has 1 atom stereocenters. The molecule has 0 aromatic rings. The minimum atomic E-state index is 0.239. The van der Waals surface area contributed by atoms with Crippen LogP contribution in [-0.2, 0) is 4.74 Å². The first-order chi connectivity index (χ1) is 5.83. The summed E-state index contributed by atoms with van der Waals surface area (Å²) in [5.41, 5.74) is 0. The molecule has 0 saturated carbocycles. The SMILES string of the molecule is CN1CCCC(OCCCO)C1. The molecule has 0 bridgehead atoms. The zero-order valence-electron chi connectivity index (χ0n) is 7.83. The summed E-state index contributed by atoms with van der Waals surface area (Å²) < 4.78 is 5.59. The quantitative estimate of drug-likeness (QED) is 0.628. The van der Waals surface area contributed by atoms with E-state index in [9.17, 15) is 0 Å². The number of likely N-dealkylation sites (N-methyl/N-ethyl adjacent to an activating group) is 1. The van der Waals surface area contributed by atoms with Gasteiger partial charge in [-0.05, 0) is 32.9 Å². The molecular weight excluding hydrogens is 154 g/mol. The van der Waals surface area contributed by atoms with E-state index in [1.165, 1.54) is 19.4 Å². The second-order valence-corrected chi connectivity index (χ2v) is 3.47. The van der Waals surface area contributed by atoms with Crippen LogP contribution < -0.4 is 0 Å². The van der Waals surface area contributed by atoms with E-state index in [1.807, 2.05) is 0 Å². The normalized spacial score (nSPS) is 26.0. The van der Waals surface area contributed by atoms with Gasteiger partial charge in [-0.15, -0.1) is 0 Å². The largest absolute Gasteiger partial charge is 0.396 e. The van der Waals surface area contributed by atoms with Gasteiger partial charge < -0.3 is 14.7 Å². The van der Waals surface area contributed by atoms with Gasteiger partial charge in [0.1, 0.15) is 0 Å². The van der Waals surface area contributed by atoms with Crippen molar-refractivity contribution < 1.29 is 9.84 Å². The number of aliphatic hydroxyl groups is 1. The average Bonchev–Trinajstić information content (AvgIpc) is 2.05. The van der Waals surface area contributed by atoms with Crippen LogP contribution in [0.2, 0.25) is 0 Å². The van der Waals surface area contributed by atoms with Gasteiger partial charge in [-0.1, -0.05) is 0 Å². The van der Waals surface area contributed by atoms with Crippen molar-refractivity contribution in [2.75, 3.05) is 33.4 Å². The lowest BCUT2D eigenvalue weighted by atomic mass is 10.1. The highest BCUT2D eigenvalue weighted by molar-refractivity contribution is 4.70. The Morgan fingerprint density at radius 1 is 1.58 bits per heavy atom. The molecule has 1 aliphatic heterocycles. The Bertz CT molecular complexity index is 119. The lowest BCUT2D eigenvalue weighted by Gasteiger charge is -2.29. The second kappa shape index (κ2) is 5.51. The molecule has 0 aromatic carbocycles. The molecule has 1 saturated heterocycles. The predicted molar refractivity (Wildman–Crippen MR) is 48.2 cm³/mol. The maximum atomic E-state index is 8.56. The highest BCUT2D eigenvalue weighted by atomic mass is 16.5. The third-order valence-corrected chi connectivity index (χ3v) is 2.24. The Balaban J connectivity index is 2.06. The van der Waals surface area contributed by atoms with Gasteiger partial charge in [-0.25, -0.2) is 0 Å². The molecule has 72 valence electrons. The van der Waals surface area contributed by atoms with Crippen LogP contribution in [-0.4, -0.2) is 49.5 Å². The van der Waals surface area contributed by atoms with Crippen LogP contribution in [0, 0.1) is 0 Å². The van der Waals surface area contributed by atoms with Crippen LogP contribution in [0.15, 0.2) is 0 Å². The van der Waals surface area contributed by atoms with Crippen molar-refractivity contribution in [2.45, 2.75) is 25.4 Å². The van der Waals surface area contributed by atoms with E-state index in [4.69, 9.17) is 9.84 Å². The second-order valence-electron chi connectivity index (χ2n) is 3.47. The molecule has 12 heavy (non-hydrogen) atoms. The number of nitrogens with zero attached hydrogens (tertiary/aromatic N) is 1. The Morgan fingerprint density at radius 2 is 2.42 bits per heavy atom. The van der Waals surface area contributed by atoms with E-state index < -0.39 is 0 Å². The molecule has 0 spiro atoms. The van der Waals surface area contributed by atoms with Crippen LogP contribution in [0.5, 0.6) is 0 Å². The van der Waals surface area contributed by atoms with E-state index in [0.717, 1.165) is 13.0 Å². The maximum absolute atomic E-state index is 8.56. The molecule has 3 heteroatoms. The van der Waals surface area contributed by atoms with E-state index in [1.54, 1.807) is 0 Å². The van der Waals surface area contributed by atoms with Gasteiger partial charge in [0.25, 0.3) is 0 Å². The molecule has 0 aliphatic carbocycles. The fourth-order valence-corrected chi connectivity index (χ4v) is 1.57. The number of hydrogen-bond acceptors (Lipinski definition) is 3. The third kappa shape index (κ3) is 3.52. The molecule has 0 radical (unpaired) electrons. The molecular formula is C9H19NO2. The molecule has 3 nitrogen and oxygen atoms in total. The number of likely N-dealkylation sites (tertiary alicyclic amines) is 1. The van der Waals surface area contributed by atoms with Crippen molar-refractivity contribution >= 4 is 0 Å². The Labute approximate surface area is 74.3 Å². The topological polar surface area (TPSA) is 32.7 Å². The van der Waals surface area contributed by atoms with Crippen molar-refractivity contribution in [1.29, 1.82) is 0 Å². The molecule has 1 aliphatic rings. The fraction of sp³-hybridized carbons (Fsp3) is 1.00. The Morgan fingerprint density at radius 3 is 3.08 bits per heavy atom. The van der Waals surface area contributed by atoms with Crippen molar-refractivity contribution in [3.63, 3.8) is 0 Å². The monoisotopic (exact) mass is 173 g/mol. The molecule has 1 heterocycles. The lowest BCUT2D eigenvalue weighted by molar-refractivity contribution is 0.00127. The summed E-state index contributed by atoms with van der Waals surface area (Å²) in [6, 6.07) is 0. The van der Waals surface area contributed by atoms with Crippen LogP contribution in [0.3, 0.4) is 0 Å². The number of rotatable bonds is 4. The highest BCUT2D eigenvalue weighted by Gasteiger charge is 2.16. The Hall–Kier alpha value is -0.120. The summed E-state index contributed by atoms with van der Waals surface area (Å²) >= 11 is 0. The zero-order chi connectivity index (χ0) is 8.81. The Kier molecular flexibility index (Phi) is 4.58. The maximum Gasteiger partial charge on any atom is 0.0702 e. The van der Waals surface area contributed by atoms with Crippen LogP contribution in [0.4, 0.5) is 0 Å². The van der Waals surface area contributed by atoms with Crippen molar-refractivity contribution in [1.82, 2.24) is 4.90 Å². The van der Waals surface area contributed by atoms with E-state index in [-0.39, 0.29) is 6.61 Å². The number of piperidine rings is 1. The van der Waals surface area contributed by atoms with E-state index in [0.29, 0.717) is 12.7 Å². The van der Waals surface area contributed by atoms with Crippen LogP contribution in [0.25, 0.3) is 0 Å². The van der Waals surface area contributed by atoms with Crippen molar-refractivity contribution in [3.05, 3.63) is 0 Å². The van der Waals surface area contributed by atoms with Gasteiger partial charge in [-0.3, -0.25) is 0 Å². The zero-order valence-corrected chi connectivity index (χ0v) is 7.83. The molecule has 1 N–H and O–H groups in total. The van der Waals surface area contributed by atoms with Crippen LogP contribution >= 0.6 is 0 Å². The van der Waals surface area contributed by atoms with Gasteiger partial charge in [0.2, 0.25) is 0 Å². The first-order valence-corrected chi connectivity index (χ1v) is 4.74. The molecule has 0 aromatic heterocycles. The van der Waals surface area contributed by atoms with Crippen molar-refractivity contribution in [2.24, 2.45) is 0 Å². The first-order valence-electron chi connectivity index (χ1n) is 4.74. The highest BCUT2D eigenvalue weighted by Crippen LogP contribution is 2.11. The summed E-state index contributed by atoms with van der Waals surface area (Å²) in [4.78, 5) is 2.30. The standard InChI is InChI=1S/C9H19NO2/c1-10-5-2-4-9(8-10)12-7-3-6-11/h9,11H,2-8H2,1H3. The van der Waals surface area contributed by atoms with Gasteiger partial charge >= 0.3 is 0 Å². The number of ether oxygens (including phenoxy) is 1. The summed E-state index contributed by atoms with van der Waals surface area (Å²) in [6.45, 7) is 3.18. The van der Waals surface area contributed by atoms with Gasteiger partial charge in [-0.2, -0.15) is 0 Å². The average molecular weight is 173 g/mol. The minimum Gasteiger partial charge on any atom is -0.396 e. The minimum absolute atomic E-state index is 0.239. The first kappa shape index (κ1) is 9.96. The number of hydrogen-bond donors (Lipinski definition) is 1. The summed E-state index contributed by atoms with van der Waals surface area (Å²) in [5, 5.41) is 8.56. The predicted octanol–water partition coefficient (Wildman–Crippen LogP) is 0.480. The molecule has 1 fully saturated rings. The fourth-order valence-electron chi connectivity index (χ4n) is 1.57. The lowest BCUT2D eigenvalue weighted by Crippen LogP contribution is -2.37. The van der Waals surface area contributed by atoms with Gasteiger partial charge in [0.05, 0.1) is 6.10 Å². The number of aliphatic hydroxyl groups excluding tert-OH is 1. The third-order valence-electron chi connectivity index (χ3n) is 2.24. The van der Waals surface area contributed by atoms with E-state index in [2.05, 4.69) is 11.9 Å². The molecule has 0 amide bonds. The summed E-state index contributed by atoms with van der Waals surface area (Å²) in [5.74, 6) is 0. The van der Waals surface area contributed by atoms with E-state index >= 15 is 0 Å². The molecule has 1 rings (SSSR count). The van der Waals surface area contributed by atoms with Crippen molar-refractivity contribution in [3.8, 4) is 0 Å².